The molecule has 0 radical (unpaired) electrons. The van der Waals surface area contributed by atoms with E-state index in [1.807, 2.05) is 0 Å². The topological polar surface area (TPSA) is 101 Å². The minimum atomic E-state index is -0.749. The molecule has 0 aliphatic carbocycles. The predicted molar refractivity (Wildman–Crippen MR) is 94.9 cm³/mol. The molecule has 0 fully saturated rings. The molecule has 1 atom stereocenters. The summed E-state index contributed by atoms with van der Waals surface area (Å²) in [7, 11) is 3.30. The normalized spacial score (nSPS) is 11.3. The second kappa shape index (κ2) is 8.70. The van der Waals surface area contributed by atoms with Gasteiger partial charge in [0.1, 0.15) is 11.8 Å². The highest BCUT2D eigenvalue weighted by Crippen LogP contribution is 2.16. The van der Waals surface area contributed by atoms with Crippen molar-refractivity contribution in [3.63, 3.8) is 0 Å². The largest absolute Gasteiger partial charge is 0.484 e. The van der Waals surface area contributed by atoms with Crippen LogP contribution in [-0.2, 0) is 9.59 Å². The number of benzene rings is 1. The van der Waals surface area contributed by atoms with Crippen molar-refractivity contribution in [3.05, 3.63) is 48.4 Å². The first-order chi connectivity index (χ1) is 12.4. The summed E-state index contributed by atoms with van der Waals surface area (Å²) in [6, 6.07) is 8.94. The second-order valence-electron chi connectivity index (χ2n) is 5.76. The van der Waals surface area contributed by atoms with Gasteiger partial charge in [-0.15, -0.1) is 0 Å². The molecule has 1 heterocycles. The van der Waals surface area contributed by atoms with Crippen molar-refractivity contribution in [2.24, 2.45) is 0 Å². The third-order valence-corrected chi connectivity index (χ3v) is 3.47. The van der Waals surface area contributed by atoms with E-state index in [4.69, 9.17) is 9.15 Å². The summed E-state index contributed by atoms with van der Waals surface area (Å²) >= 11 is 0. The highest BCUT2D eigenvalue weighted by molar-refractivity contribution is 5.99. The monoisotopic (exact) mass is 359 g/mol. The number of nitrogens with zero attached hydrogens (tertiary/aromatic N) is 1. The first-order valence-electron chi connectivity index (χ1n) is 7.95. The molecule has 2 rings (SSSR count). The minimum Gasteiger partial charge on any atom is -0.484 e. The number of furan rings is 1. The van der Waals surface area contributed by atoms with E-state index in [0.29, 0.717) is 11.4 Å². The first-order valence-corrected chi connectivity index (χ1v) is 7.95. The lowest BCUT2D eigenvalue weighted by Gasteiger charge is -2.14. The van der Waals surface area contributed by atoms with Gasteiger partial charge in [-0.1, -0.05) is 0 Å². The van der Waals surface area contributed by atoms with E-state index < -0.39 is 11.9 Å². The lowest BCUT2D eigenvalue weighted by atomic mass is 10.2. The maximum absolute atomic E-state index is 12.2. The van der Waals surface area contributed by atoms with Gasteiger partial charge in [0.25, 0.3) is 11.8 Å². The number of anilines is 1. The van der Waals surface area contributed by atoms with Crippen LogP contribution in [0.25, 0.3) is 0 Å². The van der Waals surface area contributed by atoms with E-state index in [1.165, 1.54) is 17.2 Å². The van der Waals surface area contributed by atoms with Crippen molar-refractivity contribution >= 4 is 23.4 Å². The van der Waals surface area contributed by atoms with Crippen LogP contribution in [0.1, 0.15) is 17.5 Å². The van der Waals surface area contributed by atoms with Crippen LogP contribution in [0.15, 0.2) is 47.1 Å². The molecule has 0 aliphatic rings. The van der Waals surface area contributed by atoms with Crippen molar-refractivity contribution in [1.82, 2.24) is 10.2 Å². The number of likely N-dealkylation sites (N-methyl/N-ethyl adjacent to an activating group) is 1. The Balaban J connectivity index is 1.84. The summed E-state index contributed by atoms with van der Waals surface area (Å²) in [6.07, 6.45) is 1.38. The van der Waals surface area contributed by atoms with Gasteiger partial charge in [0.2, 0.25) is 5.91 Å². The maximum Gasteiger partial charge on any atom is 0.287 e. The summed E-state index contributed by atoms with van der Waals surface area (Å²) in [4.78, 5) is 36.9. The van der Waals surface area contributed by atoms with E-state index in [1.54, 1.807) is 51.4 Å². The molecule has 2 aromatic rings. The van der Waals surface area contributed by atoms with Gasteiger partial charge >= 0.3 is 0 Å². The Labute approximate surface area is 151 Å². The Morgan fingerprint density at radius 3 is 2.42 bits per heavy atom. The number of carbonyl (C=O) groups excluding carboxylic acids is 3. The standard InChI is InChI=1S/C18H21N3O5/c1-12(19-18(24)15-5-4-10-25-15)17(23)20-13-6-8-14(9-7-13)26-11-16(22)21(2)3/h4-10,12H,11H2,1-3H3,(H,19,24)(H,20,23). The van der Waals surface area contributed by atoms with Crippen LogP contribution in [0.5, 0.6) is 5.75 Å². The number of amides is 3. The summed E-state index contributed by atoms with van der Waals surface area (Å²) in [5.74, 6) is -0.340. The van der Waals surface area contributed by atoms with Gasteiger partial charge in [-0.25, -0.2) is 0 Å². The zero-order chi connectivity index (χ0) is 19.1. The summed E-state index contributed by atoms with van der Waals surface area (Å²) in [6.45, 7) is 1.51. The van der Waals surface area contributed by atoms with Gasteiger partial charge in [-0.2, -0.15) is 0 Å². The Hall–Kier alpha value is -3.29. The Morgan fingerprint density at radius 2 is 1.85 bits per heavy atom. The van der Waals surface area contributed by atoms with Gasteiger partial charge in [-0.3, -0.25) is 14.4 Å². The van der Waals surface area contributed by atoms with Gasteiger partial charge in [-0.05, 0) is 43.3 Å². The van der Waals surface area contributed by atoms with Gasteiger partial charge in [0, 0.05) is 19.8 Å². The summed E-state index contributed by atoms with van der Waals surface area (Å²) < 4.78 is 10.3. The summed E-state index contributed by atoms with van der Waals surface area (Å²) in [5.41, 5.74) is 0.542. The molecule has 0 spiro atoms. The third-order valence-electron chi connectivity index (χ3n) is 3.47. The highest BCUT2D eigenvalue weighted by Gasteiger charge is 2.18. The molecule has 26 heavy (non-hydrogen) atoms. The van der Waals surface area contributed by atoms with Crippen molar-refractivity contribution in [2.75, 3.05) is 26.0 Å². The average Bonchev–Trinajstić information content (AvgIpc) is 3.15. The molecule has 8 heteroatoms. The molecular formula is C18H21N3O5. The fraction of sp³-hybridized carbons (Fsp3) is 0.278. The average molecular weight is 359 g/mol. The highest BCUT2D eigenvalue weighted by atomic mass is 16.5. The Bertz CT molecular complexity index is 754. The van der Waals surface area contributed by atoms with Crippen LogP contribution in [0.2, 0.25) is 0 Å². The molecule has 3 amide bonds. The van der Waals surface area contributed by atoms with Crippen molar-refractivity contribution in [2.45, 2.75) is 13.0 Å². The number of hydrogen-bond donors (Lipinski definition) is 2. The SMILES string of the molecule is CC(NC(=O)c1ccco1)C(=O)Nc1ccc(OCC(=O)N(C)C)cc1. The fourth-order valence-corrected chi connectivity index (χ4v) is 1.90. The van der Waals surface area contributed by atoms with E-state index in [9.17, 15) is 14.4 Å². The van der Waals surface area contributed by atoms with E-state index in [0.717, 1.165) is 0 Å². The van der Waals surface area contributed by atoms with E-state index in [-0.39, 0.29) is 24.2 Å². The van der Waals surface area contributed by atoms with Gasteiger partial charge in [0.05, 0.1) is 6.26 Å². The number of ether oxygens (including phenoxy) is 1. The van der Waals surface area contributed by atoms with Crippen LogP contribution < -0.4 is 15.4 Å². The Morgan fingerprint density at radius 1 is 1.15 bits per heavy atom. The molecule has 0 saturated heterocycles. The molecule has 1 aromatic heterocycles. The molecule has 2 N–H and O–H groups in total. The van der Waals surface area contributed by atoms with Crippen LogP contribution in [-0.4, -0.2) is 49.4 Å². The van der Waals surface area contributed by atoms with Crippen LogP contribution in [0, 0.1) is 0 Å². The number of carbonyl (C=O) groups is 3. The number of nitrogens with one attached hydrogen (secondary N) is 2. The van der Waals surface area contributed by atoms with Crippen molar-refractivity contribution in [3.8, 4) is 5.75 Å². The molecular weight excluding hydrogens is 338 g/mol. The van der Waals surface area contributed by atoms with Gasteiger partial charge in [0.15, 0.2) is 12.4 Å². The molecule has 1 unspecified atom stereocenters. The number of rotatable bonds is 7. The van der Waals surface area contributed by atoms with E-state index >= 15 is 0 Å². The molecule has 0 aliphatic heterocycles. The molecule has 1 aromatic carbocycles. The molecule has 8 nitrogen and oxygen atoms in total. The van der Waals surface area contributed by atoms with Crippen LogP contribution in [0.4, 0.5) is 5.69 Å². The molecule has 0 saturated carbocycles. The first kappa shape index (κ1) is 19.0. The summed E-state index contributed by atoms with van der Waals surface area (Å²) in [5, 5.41) is 5.23. The van der Waals surface area contributed by atoms with E-state index in [2.05, 4.69) is 10.6 Å². The fourth-order valence-electron chi connectivity index (χ4n) is 1.90. The molecule has 0 bridgehead atoms. The van der Waals surface area contributed by atoms with Crippen LogP contribution in [0.3, 0.4) is 0 Å². The molecule has 138 valence electrons. The lowest BCUT2D eigenvalue weighted by molar-refractivity contribution is -0.130. The zero-order valence-electron chi connectivity index (χ0n) is 14.8. The quantitative estimate of drug-likeness (QED) is 0.780. The zero-order valence-corrected chi connectivity index (χ0v) is 14.8. The lowest BCUT2D eigenvalue weighted by Crippen LogP contribution is -2.41. The predicted octanol–water partition coefficient (Wildman–Crippen LogP) is 1.50. The number of hydrogen-bond acceptors (Lipinski definition) is 5. The van der Waals surface area contributed by atoms with Crippen molar-refractivity contribution in [1.29, 1.82) is 0 Å². The maximum atomic E-state index is 12.2. The minimum absolute atomic E-state index is 0.0610. The Kier molecular flexibility index (Phi) is 6.37. The van der Waals surface area contributed by atoms with Crippen molar-refractivity contribution < 1.29 is 23.5 Å². The third kappa shape index (κ3) is 5.37. The second-order valence-corrected chi connectivity index (χ2v) is 5.76. The van der Waals surface area contributed by atoms with Gasteiger partial charge < -0.3 is 24.7 Å². The smallest absolute Gasteiger partial charge is 0.287 e. The van der Waals surface area contributed by atoms with Crippen LogP contribution >= 0.6 is 0 Å².